The molecule has 0 bridgehead atoms. The first-order valence-corrected chi connectivity index (χ1v) is 4.71. The second-order valence-electron chi connectivity index (χ2n) is 3.20. The van der Waals surface area contributed by atoms with Gasteiger partial charge < -0.3 is 15.3 Å². The molecule has 0 aliphatic rings. The van der Waals surface area contributed by atoms with E-state index in [0.717, 1.165) is 12.2 Å². The average molecular weight is 205 g/mol. The van der Waals surface area contributed by atoms with Gasteiger partial charge in [-0.25, -0.2) is 0 Å². The summed E-state index contributed by atoms with van der Waals surface area (Å²) in [7, 11) is 0. The summed E-state index contributed by atoms with van der Waals surface area (Å²) in [5.74, 6) is 0. The van der Waals surface area contributed by atoms with Crippen LogP contribution in [0.25, 0.3) is 11.0 Å². The molecule has 0 atom stereocenters. The molecule has 5 nitrogen and oxygen atoms in total. The van der Waals surface area contributed by atoms with Crippen molar-refractivity contribution in [2.24, 2.45) is 0 Å². The maximum Gasteiger partial charge on any atom is 0.314 e. The molecule has 15 heavy (non-hydrogen) atoms. The zero-order valence-corrected chi connectivity index (χ0v) is 8.26. The highest BCUT2D eigenvalue weighted by molar-refractivity contribution is 5.78. The van der Waals surface area contributed by atoms with E-state index in [9.17, 15) is 9.59 Å². The van der Waals surface area contributed by atoms with Crippen LogP contribution in [-0.4, -0.2) is 16.5 Å². The van der Waals surface area contributed by atoms with E-state index in [1.54, 1.807) is 12.1 Å². The molecule has 1 aromatic heterocycles. The summed E-state index contributed by atoms with van der Waals surface area (Å²) in [6.45, 7) is 2.79. The molecular formula is C10H11N3O2. The third-order valence-electron chi connectivity index (χ3n) is 2.10. The fourth-order valence-electron chi connectivity index (χ4n) is 1.43. The third kappa shape index (κ3) is 1.76. The van der Waals surface area contributed by atoms with Crippen molar-refractivity contribution in [2.75, 3.05) is 11.9 Å². The molecule has 0 saturated heterocycles. The van der Waals surface area contributed by atoms with Gasteiger partial charge in [0, 0.05) is 12.2 Å². The number of aromatic nitrogens is 2. The van der Waals surface area contributed by atoms with E-state index in [4.69, 9.17) is 0 Å². The molecule has 0 saturated carbocycles. The van der Waals surface area contributed by atoms with Crippen LogP contribution in [-0.2, 0) is 0 Å². The molecule has 78 valence electrons. The van der Waals surface area contributed by atoms with Crippen LogP contribution >= 0.6 is 0 Å². The first-order chi connectivity index (χ1) is 7.20. The number of rotatable bonds is 2. The zero-order valence-electron chi connectivity index (χ0n) is 8.26. The van der Waals surface area contributed by atoms with Crippen molar-refractivity contribution in [3.8, 4) is 0 Å². The highest BCUT2D eigenvalue weighted by Gasteiger charge is 1.99. The van der Waals surface area contributed by atoms with Gasteiger partial charge in [-0.2, -0.15) is 0 Å². The minimum Gasteiger partial charge on any atom is -0.385 e. The number of hydrogen-bond donors (Lipinski definition) is 3. The van der Waals surface area contributed by atoms with Gasteiger partial charge in [0.15, 0.2) is 0 Å². The Morgan fingerprint density at radius 1 is 1.13 bits per heavy atom. The zero-order chi connectivity index (χ0) is 10.8. The van der Waals surface area contributed by atoms with Crippen LogP contribution in [0.3, 0.4) is 0 Å². The Balaban J connectivity index is 2.66. The SMILES string of the molecule is CCNc1ccc2[nH]c(=O)c(=O)[nH]c2c1. The van der Waals surface area contributed by atoms with Gasteiger partial charge in [0.05, 0.1) is 11.0 Å². The number of fused-ring (bicyclic) bond motifs is 1. The van der Waals surface area contributed by atoms with Crippen molar-refractivity contribution in [3.63, 3.8) is 0 Å². The molecule has 0 unspecified atom stereocenters. The van der Waals surface area contributed by atoms with Crippen LogP contribution in [0.4, 0.5) is 5.69 Å². The lowest BCUT2D eigenvalue weighted by molar-refractivity contribution is 1.14. The molecule has 0 aliphatic heterocycles. The quantitative estimate of drug-likeness (QED) is 0.630. The summed E-state index contributed by atoms with van der Waals surface area (Å²) < 4.78 is 0. The van der Waals surface area contributed by atoms with Gasteiger partial charge in [-0.1, -0.05) is 0 Å². The molecule has 2 aromatic rings. The van der Waals surface area contributed by atoms with Gasteiger partial charge >= 0.3 is 11.1 Å². The van der Waals surface area contributed by atoms with Gasteiger partial charge in [0.1, 0.15) is 0 Å². The average Bonchev–Trinajstić information content (AvgIpc) is 2.21. The second-order valence-corrected chi connectivity index (χ2v) is 3.20. The summed E-state index contributed by atoms with van der Waals surface area (Å²) in [6, 6.07) is 5.39. The van der Waals surface area contributed by atoms with Crippen LogP contribution in [0.15, 0.2) is 27.8 Å². The van der Waals surface area contributed by atoms with Gasteiger partial charge in [0.2, 0.25) is 0 Å². The number of hydrogen-bond acceptors (Lipinski definition) is 3. The number of H-pyrrole nitrogens is 2. The molecule has 0 spiro atoms. The highest BCUT2D eigenvalue weighted by Crippen LogP contribution is 2.12. The molecule has 3 N–H and O–H groups in total. The first-order valence-electron chi connectivity index (χ1n) is 4.71. The molecule has 0 amide bonds. The van der Waals surface area contributed by atoms with Gasteiger partial charge in [0.25, 0.3) is 0 Å². The Kier molecular flexibility index (Phi) is 2.29. The van der Waals surface area contributed by atoms with Crippen molar-refractivity contribution in [2.45, 2.75) is 6.92 Å². The minimum atomic E-state index is -0.629. The van der Waals surface area contributed by atoms with E-state index in [0.29, 0.717) is 11.0 Å². The van der Waals surface area contributed by atoms with Crippen LogP contribution in [0.1, 0.15) is 6.92 Å². The molecule has 5 heteroatoms. The molecule has 1 heterocycles. The van der Waals surface area contributed by atoms with Gasteiger partial charge in [-0.05, 0) is 25.1 Å². The Bertz CT molecular complexity index is 597. The van der Waals surface area contributed by atoms with Crippen molar-refractivity contribution in [1.29, 1.82) is 0 Å². The lowest BCUT2D eigenvalue weighted by Crippen LogP contribution is -2.28. The summed E-state index contributed by atoms with van der Waals surface area (Å²) in [5, 5.41) is 3.12. The third-order valence-corrected chi connectivity index (χ3v) is 2.10. The molecule has 1 aromatic carbocycles. The smallest absolute Gasteiger partial charge is 0.314 e. The van der Waals surface area contributed by atoms with Crippen LogP contribution in [0.5, 0.6) is 0 Å². The molecular weight excluding hydrogens is 194 g/mol. The largest absolute Gasteiger partial charge is 0.385 e. The van der Waals surface area contributed by atoms with Gasteiger partial charge in [-0.15, -0.1) is 0 Å². The second kappa shape index (κ2) is 3.61. The number of benzene rings is 1. The van der Waals surface area contributed by atoms with E-state index in [-0.39, 0.29) is 0 Å². The Morgan fingerprint density at radius 3 is 2.47 bits per heavy atom. The Hall–Kier alpha value is -2.04. The normalized spacial score (nSPS) is 10.5. The van der Waals surface area contributed by atoms with Crippen LogP contribution in [0.2, 0.25) is 0 Å². The molecule has 2 rings (SSSR count). The molecule has 0 fully saturated rings. The molecule has 0 radical (unpaired) electrons. The summed E-state index contributed by atoms with van der Waals surface area (Å²) in [5.41, 5.74) is 0.904. The molecule has 0 aliphatic carbocycles. The lowest BCUT2D eigenvalue weighted by atomic mass is 10.2. The Labute approximate surface area is 85.2 Å². The Morgan fingerprint density at radius 2 is 1.80 bits per heavy atom. The summed E-state index contributed by atoms with van der Waals surface area (Å²) in [4.78, 5) is 27.1. The number of nitrogens with one attached hydrogen (secondary N) is 3. The van der Waals surface area contributed by atoms with E-state index < -0.39 is 11.1 Å². The standard InChI is InChI=1S/C10H11N3O2/c1-2-11-6-3-4-7-8(5-6)13-10(15)9(14)12-7/h3-5,11H,2H2,1H3,(H,12,14)(H,13,15). The predicted molar refractivity (Wildman–Crippen MR) is 59.4 cm³/mol. The van der Waals surface area contributed by atoms with Crippen molar-refractivity contribution in [1.82, 2.24) is 9.97 Å². The van der Waals surface area contributed by atoms with E-state index in [1.807, 2.05) is 13.0 Å². The summed E-state index contributed by atoms with van der Waals surface area (Å²) in [6.07, 6.45) is 0. The lowest BCUT2D eigenvalue weighted by Gasteiger charge is -2.03. The van der Waals surface area contributed by atoms with E-state index >= 15 is 0 Å². The number of aromatic amines is 2. The fourth-order valence-corrected chi connectivity index (χ4v) is 1.43. The minimum absolute atomic E-state index is 0.623. The van der Waals surface area contributed by atoms with Crippen molar-refractivity contribution in [3.05, 3.63) is 38.9 Å². The number of anilines is 1. The monoisotopic (exact) mass is 205 g/mol. The fraction of sp³-hybridized carbons (Fsp3) is 0.200. The highest BCUT2D eigenvalue weighted by atomic mass is 16.2. The topological polar surface area (TPSA) is 77.8 Å². The van der Waals surface area contributed by atoms with E-state index in [1.165, 1.54) is 0 Å². The van der Waals surface area contributed by atoms with E-state index in [2.05, 4.69) is 15.3 Å². The summed E-state index contributed by atoms with van der Waals surface area (Å²) >= 11 is 0. The van der Waals surface area contributed by atoms with Crippen LogP contribution in [0, 0.1) is 0 Å². The maximum atomic E-state index is 11.1. The van der Waals surface area contributed by atoms with Gasteiger partial charge in [-0.3, -0.25) is 9.59 Å². The maximum absolute atomic E-state index is 11.1. The van der Waals surface area contributed by atoms with Crippen molar-refractivity contribution < 1.29 is 0 Å². The van der Waals surface area contributed by atoms with Crippen LogP contribution < -0.4 is 16.4 Å². The van der Waals surface area contributed by atoms with Crippen molar-refractivity contribution >= 4 is 16.7 Å². The first kappa shape index (κ1) is 9.51. The predicted octanol–water partition coefficient (Wildman–Crippen LogP) is 0.648.